The molecule has 0 aromatic carbocycles. The van der Waals surface area contributed by atoms with Crippen molar-refractivity contribution < 1.29 is 0 Å². The van der Waals surface area contributed by atoms with Crippen molar-refractivity contribution >= 4 is 0 Å². The molecule has 1 aliphatic rings. The van der Waals surface area contributed by atoms with Crippen LogP contribution in [0.5, 0.6) is 0 Å². The fourth-order valence-electron chi connectivity index (χ4n) is 3.64. The second-order valence-electron chi connectivity index (χ2n) is 7.56. The van der Waals surface area contributed by atoms with Gasteiger partial charge in [-0.15, -0.1) is 0 Å². The van der Waals surface area contributed by atoms with Gasteiger partial charge in [-0.05, 0) is 47.8 Å². The van der Waals surface area contributed by atoms with Gasteiger partial charge in [0.1, 0.15) is 0 Å². The van der Waals surface area contributed by atoms with Gasteiger partial charge in [-0.2, -0.15) is 0 Å². The summed E-state index contributed by atoms with van der Waals surface area (Å²) in [6.45, 7) is 17.0. The van der Waals surface area contributed by atoms with Gasteiger partial charge < -0.3 is 0 Å². The van der Waals surface area contributed by atoms with Crippen LogP contribution < -0.4 is 0 Å². The van der Waals surface area contributed by atoms with Crippen molar-refractivity contribution in [2.75, 3.05) is 0 Å². The molecule has 90 valence electrons. The Labute approximate surface area is 96.8 Å². The SMILES string of the molecule is CC1CCC(C)(CC(C)(C)C)C(C)C1C. The van der Waals surface area contributed by atoms with E-state index in [1.807, 2.05) is 0 Å². The molecule has 0 aromatic heterocycles. The molecule has 1 aliphatic carbocycles. The van der Waals surface area contributed by atoms with E-state index in [0.717, 1.165) is 17.8 Å². The maximum absolute atomic E-state index is 2.52. The van der Waals surface area contributed by atoms with E-state index in [4.69, 9.17) is 0 Å². The summed E-state index contributed by atoms with van der Waals surface area (Å²) >= 11 is 0. The third kappa shape index (κ3) is 2.98. The highest BCUT2D eigenvalue weighted by molar-refractivity contribution is 4.92. The second-order valence-corrected chi connectivity index (χ2v) is 7.56. The molecule has 0 saturated heterocycles. The van der Waals surface area contributed by atoms with Gasteiger partial charge in [0.2, 0.25) is 0 Å². The molecule has 0 spiro atoms. The predicted octanol–water partition coefficient (Wildman–Crippen LogP) is 5.13. The van der Waals surface area contributed by atoms with E-state index >= 15 is 0 Å². The Kier molecular flexibility index (Phi) is 3.58. The topological polar surface area (TPSA) is 0 Å². The summed E-state index contributed by atoms with van der Waals surface area (Å²) in [5, 5.41) is 0. The fourth-order valence-corrected chi connectivity index (χ4v) is 3.64. The van der Waals surface area contributed by atoms with E-state index in [1.165, 1.54) is 19.3 Å². The van der Waals surface area contributed by atoms with Crippen LogP contribution >= 0.6 is 0 Å². The Hall–Kier alpha value is 0. The molecule has 1 saturated carbocycles. The number of rotatable bonds is 1. The smallest absolute Gasteiger partial charge is 0.0292 e. The molecule has 0 heterocycles. The number of hydrogen-bond donors (Lipinski definition) is 0. The fraction of sp³-hybridized carbons (Fsp3) is 1.00. The molecular formula is C15H30. The highest BCUT2D eigenvalue weighted by Gasteiger charge is 2.42. The summed E-state index contributed by atoms with van der Waals surface area (Å²) in [6.07, 6.45) is 4.23. The first-order valence-corrected chi connectivity index (χ1v) is 6.66. The molecule has 4 unspecified atom stereocenters. The van der Waals surface area contributed by atoms with Gasteiger partial charge in [0.15, 0.2) is 0 Å². The van der Waals surface area contributed by atoms with Crippen molar-refractivity contribution in [3.8, 4) is 0 Å². The van der Waals surface area contributed by atoms with Gasteiger partial charge in [-0.3, -0.25) is 0 Å². The first kappa shape index (κ1) is 13.1. The van der Waals surface area contributed by atoms with Crippen LogP contribution in [0.1, 0.15) is 67.7 Å². The molecule has 1 rings (SSSR count). The van der Waals surface area contributed by atoms with Crippen LogP contribution in [0.3, 0.4) is 0 Å². The van der Waals surface area contributed by atoms with Gasteiger partial charge >= 0.3 is 0 Å². The average Bonchev–Trinajstić information content (AvgIpc) is 2.06. The third-order valence-electron chi connectivity index (χ3n) is 4.89. The highest BCUT2D eigenvalue weighted by atomic mass is 14.5. The lowest BCUT2D eigenvalue weighted by Crippen LogP contribution is -2.40. The molecule has 0 N–H and O–H groups in total. The van der Waals surface area contributed by atoms with Crippen LogP contribution in [-0.2, 0) is 0 Å². The summed E-state index contributed by atoms with van der Waals surface area (Å²) in [4.78, 5) is 0. The van der Waals surface area contributed by atoms with Crippen molar-refractivity contribution in [3.05, 3.63) is 0 Å². The molecule has 0 amide bonds. The Balaban J connectivity index is 2.76. The van der Waals surface area contributed by atoms with Gasteiger partial charge in [0.25, 0.3) is 0 Å². The summed E-state index contributed by atoms with van der Waals surface area (Å²) in [6, 6.07) is 0. The average molecular weight is 210 g/mol. The van der Waals surface area contributed by atoms with Gasteiger partial charge in [-0.25, -0.2) is 0 Å². The minimum absolute atomic E-state index is 0.476. The minimum atomic E-state index is 0.476. The van der Waals surface area contributed by atoms with Gasteiger partial charge in [0.05, 0.1) is 0 Å². The van der Waals surface area contributed by atoms with E-state index in [2.05, 4.69) is 48.5 Å². The normalized spacial score (nSPS) is 43.0. The zero-order valence-corrected chi connectivity index (χ0v) is 11.9. The maximum atomic E-state index is 2.52. The second kappa shape index (κ2) is 4.11. The first-order chi connectivity index (χ1) is 6.66. The highest BCUT2D eigenvalue weighted by Crippen LogP contribution is 2.51. The molecule has 0 heteroatoms. The standard InChI is InChI=1S/C15H30/c1-11-8-9-15(7,10-14(4,5)6)13(3)12(11)2/h11-13H,8-10H2,1-7H3. The first-order valence-electron chi connectivity index (χ1n) is 6.66. The largest absolute Gasteiger partial charge is 0.0622 e. The summed E-state index contributed by atoms with van der Waals surface area (Å²) in [5.74, 6) is 2.69. The molecule has 0 aliphatic heterocycles. The van der Waals surface area contributed by atoms with Crippen LogP contribution in [0, 0.1) is 28.6 Å². The van der Waals surface area contributed by atoms with Crippen LogP contribution in [-0.4, -0.2) is 0 Å². The summed E-state index contributed by atoms with van der Waals surface area (Å²) in [5.41, 5.74) is 1.05. The van der Waals surface area contributed by atoms with Crippen molar-refractivity contribution in [2.24, 2.45) is 28.6 Å². The quantitative estimate of drug-likeness (QED) is 0.563. The number of hydrogen-bond acceptors (Lipinski definition) is 0. The lowest BCUT2D eigenvalue weighted by molar-refractivity contribution is 0.00974. The lowest BCUT2D eigenvalue weighted by Gasteiger charge is -2.49. The molecule has 15 heavy (non-hydrogen) atoms. The molecule has 0 bridgehead atoms. The predicted molar refractivity (Wildman–Crippen MR) is 68.9 cm³/mol. The van der Waals surface area contributed by atoms with Crippen molar-refractivity contribution in [3.63, 3.8) is 0 Å². The van der Waals surface area contributed by atoms with Crippen molar-refractivity contribution in [2.45, 2.75) is 67.7 Å². The Morgan fingerprint density at radius 3 is 2.13 bits per heavy atom. The third-order valence-corrected chi connectivity index (χ3v) is 4.89. The molecular weight excluding hydrogens is 180 g/mol. The molecule has 0 nitrogen and oxygen atoms in total. The summed E-state index contributed by atoms with van der Waals surface area (Å²) < 4.78 is 0. The Morgan fingerprint density at radius 1 is 1.13 bits per heavy atom. The summed E-state index contributed by atoms with van der Waals surface area (Å²) in [7, 11) is 0. The van der Waals surface area contributed by atoms with Crippen LogP contribution in [0.25, 0.3) is 0 Å². The maximum Gasteiger partial charge on any atom is -0.0292 e. The van der Waals surface area contributed by atoms with E-state index in [9.17, 15) is 0 Å². The van der Waals surface area contributed by atoms with Crippen LogP contribution in [0.2, 0.25) is 0 Å². The zero-order valence-electron chi connectivity index (χ0n) is 11.9. The van der Waals surface area contributed by atoms with Crippen molar-refractivity contribution in [1.82, 2.24) is 0 Å². The van der Waals surface area contributed by atoms with E-state index in [1.54, 1.807) is 0 Å². The van der Waals surface area contributed by atoms with E-state index in [0.29, 0.717) is 10.8 Å². The van der Waals surface area contributed by atoms with E-state index < -0.39 is 0 Å². The Morgan fingerprint density at radius 2 is 1.67 bits per heavy atom. The monoisotopic (exact) mass is 210 g/mol. The van der Waals surface area contributed by atoms with Crippen molar-refractivity contribution in [1.29, 1.82) is 0 Å². The lowest BCUT2D eigenvalue weighted by atomic mass is 9.56. The zero-order chi connectivity index (χ0) is 11.9. The van der Waals surface area contributed by atoms with Crippen LogP contribution in [0.4, 0.5) is 0 Å². The van der Waals surface area contributed by atoms with Gasteiger partial charge in [-0.1, -0.05) is 48.5 Å². The van der Waals surface area contributed by atoms with Crippen LogP contribution in [0.15, 0.2) is 0 Å². The Bertz CT molecular complexity index is 211. The molecule has 0 aromatic rings. The van der Waals surface area contributed by atoms with E-state index in [-0.39, 0.29) is 0 Å². The molecule has 0 radical (unpaired) electrons. The molecule has 4 atom stereocenters. The van der Waals surface area contributed by atoms with Gasteiger partial charge in [0, 0.05) is 0 Å². The molecule has 1 fully saturated rings. The minimum Gasteiger partial charge on any atom is -0.0622 e.